The van der Waals surface area contributed by atoms with Gasteiger partial charge in [0.1, 0.15) is 12.6 Å². The first-order chi connectivity index (χ1) is 9.87. The van der Waals surface area contributed by atoms with E-state index in [1.807, 2.05) is 17.4 Å². The number of fused-ring (bicyclic) bond motifs is 1. The number of benzene rings is 1. The molecule has 1 unspecified atom stereocenters. The van der Waals surface area contributed by atoms with E-state index in [9.17, 15) is 18.0 Å². The molecule has 0 saturated heterocycles. The van der Waals surface area contributed by atoms with Crippen LogP contribution in [-0.2, 0) is 17.6 Å². The lowest BCUT2D eigenvalue weighted by molar-refractivity contribution is -0.138. The maximum atomic E-state index is 12.1. The van der Waals surface area contributed by atoms with Gasteiger partial charge in [0.25, 0.3) is 0 Å². The highest BCUT2D eigenvalue weighted by atomic mass is 19.4. The number of carbonyl (C=O) groups excluding carboxylic acids is 1. The predicted octanol–water partition coefficient (Wildman–Crippen LogP) is 3.04. The number of amides is 1. The second-order valence-corrected chi connectivity index (χ2v) is 5.35. The number of halogens is 3. The lowest BCUT2D eigenvalue weighted by atomic mass is 9.90. The molecule has 1 aliphatic carbocycles. The number of rotatable bonds is 4. The molecule has 6 heteroatoms. The molecule has 1 atom stereocenters. The average Bonchev–Trinajstić information content (AvgIpc) is 2.44. The van der Waals surface area contributed by atoms with E-state index < -0.39 is 24.7 Å². The van der Waals surface area contributed by atoms with Gasteiger partial charge in [0, 0.05) is 5.69 Å². The first-order valence-electron chi connectivity index (χ1n) is 7.08. The molecule has 0 fully saturated rings. The predicted molar refractivity (Wildman–Crippen MR) is 75.2 cm³/mol. The summed E-state index contributed by atoms with van der Waals surface area (Å²) >= 11 is 0. The summed E-state index contributed by atoms with van der Waals surface area (Å²) in [4.78, 5) is 11.7. The summed E-state index contributed by atoms with van der Waals surface area (Å²) in [5.41, 5.74) is 3.29. The van der Waals surface area contributed by atoms with Crippen LogP contribution in [0.2, 0.25) is 0 Å². The molecule has 0 heterocycles. The van der Waals surface area contributed by atoms with Gasteiger partial charge < -0.3 is 10.6 Å². The monoisotopic (exact) mass is 300 g/mol. The zero-order valence-electron chi connectivity index (χ0n) is 11.9. The van der Waals surface area contributed by atoms with Crippen molar-refractivity contribution in [2.45, 2.75) is 44.8 Å². The Morgan fingerprint density at radius 3 is 2.71 bits per heavy atom. The summed E-state index contributed by atoms with van der Waals surface area (Å²) in [7, 11) is 0. The van der Waals surface area contributed by atoms with Crippen LogP contribution >= 0.6 is 0 Å². The van der Waals surface area contributed by atoms with Gasteiger partial charge in [-0.1, -0.05) is 12.1 Å². The lowest BCUT2D eigenvalue weighted by Gasteiger charge is -2.22. The van der Waals surface area contributed by atoms with E-state index >= 15 is 0 Å². The molecule has 2 rings (SSSR count). The molecule has 116 valence electrons. The van der Waals surface area contributed by atoms with Crippen molar-refractivity contribution in [1.82, 2.24) is 5.32 Å². The van der Waals surface area contributed by atoms with Crippen LogP contribution in [0.5, 0.6) is 0 Å². The molecule has 0 spiro atoms. The van der Waals surface area contributed by atoms with Crippen LogP contribution in [0.3, 0.4) is 0 Å². The molecule has 0 bridgehead atoms. The number of nitrogens with one attached hydrogen (secondary N) is 2. The molecule has 0 aromatic heterocycles. The Balaban J connectivity index is 1.99. The molecule has 1 aromatic carbocycles. The van der Waals surface area contributed by atoms with E-state index in [-0.39, 0.29) is 0 Å². The molecule has 3 nitrogen and oxygen atoms in total. The highest BCUT2D eigenvalue weighted by Crippen LogP contribution is 2.28. The first kappa shape index (κ1) is 15.7. The van der Waals surface area contributed by atoms with Gasteiger partial charge in [-0.2, -0.15) is 13.2 Å². The largest absolute Gasteiger partial charge is 0.405 e. The molecule has 1 aliphatic rings. The molecule has 1 aromatic rings. The van der Waals surface area contributed by atoms with Crippen molar-refractivity contribution in [2.75, 3.05) is 11.9 Å². The van der Waals surface area contributed by atoms with Crippen molar-refractivity contribution < 1.29 is 18.0 Å². The minimum absolute atomic E-state index is 0.652. The van der Waals surface area contributed by atoms with E-state index in [1.54, 1.807) is 6.92 Å². The van der Waals surface area contributed by atoms with Crippen LogP contribution in [0.1, 0.15) is 30.9 Å². The minimum atomic E-state index is -4.39. The summed E-state index contributed by atoms with van der Waals surface area (Å²) in [5.74, 6) is -0.652. The second-order valence-electron chi connectivity index (χ2n) is 5.35. The Labute approximate surface area is 121 Å². The summed E-state index contributed by atoms with van der Waals surface area (Å²) < 4.78 is 36.3. The first-order valence-corrected chi connectivity index (χ1v) is 7.08. The topological polar surface area (TPSA) is 41.1 Å². The number of hydrogen-bond donors (Lipinski definition) is 2. The Bertz CT molecular complexity index is 514. The number of hydrogen-bond acceptors (Lipinski definition) is 2. The second kappa shape index (κ2) is 6.37. The molecule has 0 saturated carbocycles. The van der Waals surface area contributed by atoms with E-state index in [1.165, 1.54) is 11.1 Å². The molecule has 1 amide bonds. The fourth-order valence-corrected chi connectivity index (χ4v) is 2.56. The highest BCUT2D eigenvalue weighted by molar-refractivity contribution is 5.84. The minimum Gasteiger partial charge on any atom is -0.374 e. The summed E-state index contributed by atoms with van der Waals surface area (Å²) in [6, 6.07) is 5.14. The maximum absolute atomic E-state index is 12.1. The summed E-state index contributed by atoms with van der Waals surface area (Å²) in [6.45, 7) is 0.263. The zero-order chi connectivity index (χ0) is 15.5. The Morgan fingerprint density at radius 1 is 1.29 bits per heavy atom. The van der Waals surface area contributed by atoms with Gasteiger partial charge in [0.2, 0.25) is 5.91 Å². The summed E-state index contributed by atoms with van der Waals surface area (Å²) in [6.07, 6.45) is -0.186. The number of aryl methyl sites for hydroxylation is 1. The van der Waals surface area contributed by atoms with Gasteiger partial charge in [-0.3, -0.25) is 4.79 Å². The SMILES string of the molecule is CC(Nc1cccc2c1CCCC2)C(=O)NCC(F)(F)F. The van der Waals surface area contributed by atoms with E-state index in [4.69, 9.17) is 0 Å². The number of alkyl halides is 3. The van der Waals surface area contributed by atoms with E-state index in [0.717, 1.165) is 31.4 Å². The van der Waals surface area contributed by atoms with Crippen LogP contribution in [0.15, 0.2) is 18.2 Å². The lowest BCUT2D eigenvalue weighted by Crippen LogP contribution is -2.42. The standard InChI is InChI=1S/C15H19F3N2O/c1-10(14(21)19-9-15(16,17)18)20-13-8-4-6-11-5-2-3-7-12(11)13/h4,6,8,10,20H,2-3,5,7,9H2,1H3,(H,19,21). The molecule has 0 radical (unpaired) electrons. The van der Waals surface area contributed by atoms with Gasteiger partial charge >= 0.3 is 6.18 Å². The van der Waals surface area contributed by atoms with Gasteiger partial charge in [-0.15, -0.1) is 0 Å². The van der Waals surface area contributed by atoms with Crippen molar-refractivity contribution in [2.24, 2.45) is 0 Å². The third-order valence-electron chi connectivity index (χ3n) is 3.62. The summed E-state index contributed by atoms with van der Waals surface area (Å²) in [5, 5.41) is 4.92. The van der Waals surface area contributed by atoms with Crippen molar-refractivity contribution in [3.05, 3.63) is 29.3 Å². The molecule has 0 aliphatic heterocycles. The molecular formula is C15H19F3N2O. The normalized spacial score (nSPS) is 16.0. The smallest absolute Gasteiger partial charge is 0.374 e. The van der Waals surface area contributed by atoms with Crippen molar-refractivity contribution in [1.29, 1.82) is 0 Å². The molecule has 2 N–H and O–H groups in total. The third kappa shape index (κ3) is 4.37. The van der Waals surface area contributed by atoms with Crippen LogP contribution in [-0.4, -0.2) is 24.7 Å². The van der Waals surface area contributed by atoms with Gasteiger partial charge in [-0.25, -0.2) is 0 Å². The van der Waals surface area contributed by atoms with Crippen LogP contribution in [0, 0.1) is 0 Å². The van der Waals surface area contributed by atoms with Crippen molar-refractivity contribution >= 4 is 11.6 Å². The van der Waals surface area contributed by atoms with Crippen LogP contribution < -0.4 is 10.6 Å². The Morgan fingerprint density at radius 2 is 2.00 bits per heavy atom. The fraction of sp³-hybridized carbons (Fsp3) is 0.533. The Hall–Kier alpha value is -1.72. The van der Waals surface area contributed by atoms with E-state index in [0.29, 0.717) is 0 Å². The number of carbonyl (C=O) groups is 1. The van der Waals surface area contributed by atoms with Gasteiger partial charge in [-0.05, 0) is 49.8 Å². The quantitative estimate of drug-likeness (QED) is 0.897. The highest BCUT2D eigenvalue weighted by Gasteiger charge is 2.28. The van der Waals surface area contributed by atoms with Gasteiger partial charge in [0.05, 0.1) is 0 Å². The van der Waals surface area contributed by atoms with Crippen molar-refractivity contribution in [3.63, 3.8) is 0 Å². The average molecular weight is 300 g/mol. The van der Waals surface area contributed by atoms with Crippen LogP contribution in [0.4, 0.5) is 18.9 Å². The maximum Gasteiger partial charge on any atom is 0.405 e. The van der Waals surface area contributed by atoms with E-state index in [2.05, 4.69) is 11.4 Å². The fourth-order valence-electron chi connectivity index (χ4n) is 2.56. The Kier molecular flexibility index (Phi) is 4.75. The number of anilines is 1. The molecule has 21 heavy (non-hydrogen) atoms. The third-order valence-corrected chi connectivity index (χ3v) is 3.62. The van der Waals surface area contributed by atoms with Crippen molar-refractivity contribution in [3.8, 4) is 0 Å². The zero-order valence-corrected chi connectivity index (χ0v) is 11.9. The van der Waals surface area contributed by atoms with Crippen LogP contribution in [0.25, 0.3) is 0 Å². The molecular weight excluding hydrogens is 281 g/mol. The van der Waals surface area contributed by atoms with Gasteiger partial charge in [0.15, 0.2) is 0 Å².